The van der Waals surface area contributed by atoms with Crippen molar-refractivity contribution >= 4 is 29.0 Å². The number of hydrogen-bond acceptors (Lipinski definition) is 5. The van der Waals surface area contributed by atoms with Gasteiger partial charge in [-0.15, -0.1) is 0 Å². The van der Waals surface area contributed by atoms with E-state index >= 15 is 0 Å². The number of pyridine rings is 1. The van der Waals surface area contributed by atoms with Crippen LogP contribution in [-0.2, 0) is 4.79 Å². The van der Waals surface area contributed by atoms with Crippen molar-refractivity contribution in [2.24, 2.45) is 10.7 Å². The van der Waals surface area contributed by atoms with Gasteiger partial charge in [-0.05, 0) is 30.0 Å². The van der Waals surface area contributed by atoms with E-state index in [1.54, 1.807) is 23.1 Å². The molecule has 3 N–H and O–H groups in total. The number of carbonyl (C=O) groups excluding carboxylic acids is 1. The summed E-state index contributed by atoms with van der Waals surface area (Å²) in [6.07, 6.45) is 1.15. The van der Waals surface area contributed by atoms with Crippen LogP contribution in [0.25, 0.3) is 0 Å². The minimum absolute atomic E-state index is 0. The Balaban J connectivity index is 0.00000261. The smallest absolute Gasteiger partial charge is 0.246 e. The predicted octanol–water partition coefficient (Wildman–Crippen LogP) is 2.05. The summed E-state index contributed by atoms with van der Waals surface area (Å²) in [5.41, 5.74) is 6.77. The van der Waals surface area contributed by atoms with Crippen molar-refractivity contribution < 1.29 is 14.6 Å². The van der Waals surface area contributed by atoms with E-state index in [-0.39, 0.29) is 28.6 Å². The molecule has 2 aromatic rings. The second kappa shape index (κ2) is 7.88. The molecule has 1 fully saturated rings. The van der Waals surface area contributed by atoms with Crippen molar-refractivity contribution in [3.8, 4) is 11.6 Å². The third kappa shape index (κ3) is 4.32. The average Bonchev–Trinajstić information content (AvgIpc) is 2.60. The summed E-state index contributed by atoms with van der Waals surface area (Å²) in [4.78, 5) is 21.6. The number of phenols is 1. The Bertz CT molecular complexity index is 885. The fourth-order valence-electron chi connectivity index (χ4n) is 2.32. The molecule has 9 heteroatoms. The molecule has 0 radical (unpaired) electrons. The van der Waals surface area contributed by atoms with Gasteiger partial charge in [0.1, 0.15) is 11.9 Å². The molecule has 0 bridgehead atoms. The van der Waals surface area contributed by atoms with E-state index in [4.69, 9.17) is 22.1 Å². The Kier molecular flexibility index (Phi) is 5.62. The number of likely N-dealkylation sites (tertiary alicyclic amines) is 1. The summed E-state index contributed by atoms with van der Waals surface area (Å²) >= 11 is 5.86. The Labute approximate surface area is 155 Å². The van der Waals surface area contributed by atoms with Crippen LogP contribution in [0.2, 0.25) is 5.02 Å². The Morgan fingerprint density at radius 1 is 1.48 bits per heavy atom. The molecule has 27 heavy (non-hydrogen) atoms. The van der Waals surface area contributed by atoms with Crippen LogP contribution in [0, 0.1) is 6.07 Å². The summed E-state index contributed by atoms with van der Waals surface area (Å²) in [7, 11) is 0. The number of rotatable bonds is 5. The van der Waals surface area contributed by atoms with Crippen LogP contribution in [0.4, 0.5) is 5.69 Å². The number of benzene rings is 1. The first kappa shape index (κ1) is 19.3. The summed E-state index contributed by atoms with van der Waals surface area (Å²) in [5.74, 6) is 0.350. The van der Waals surface area contributed by atoms with Crippen LogP contribution < -0.4 is 10.5 Å². The minimum Gasteiger partial charge on any atom is -0.506 e. The van der Waals surface area contributed by atoms with Gasteiger partial charge in [-0.3, -0.25) is 9.79 Å². The van der Waals surface area contributed by atoms with Gasteiger partial charge in [0, 0.05) is 5.84 Å². The first-order valence-corrected chi connectivity index (χ1v) is 8.14. The Morgan fingerprint density at radius 3 is 2.89 bits per heavy atom. The second-order valence-corrected chi connectivity index (χ2v) is 6.00. The number of phenolic OH excluding ortho intramolecular Hbond substituents is 1. The van der Waals surface area contributed by atoms with Crippen molar-refractivity contribution in [3.05, 3.63) is 59.8 Å². The van der Waals surface area contributed by atoms with Crippen LogP contribution in [0.5, 0.6) is 11.6 Å². The van der Waals surface area contributed by atoms with Crippen LogP contribution in [0.1, 0.15) is 5.69 Å². The molecule has 1 saturated heterocycles. The SMILES string of the molecule is C=CC(=O)N1CC(Oc2cc[c-]c(C(N)=Nc3ccc(O)c(Cl)c3)n2)C1.[Cf]. The zero-order chi connectivity index (χ0) is 18.7. The molecule has 0 saturated carbocycles. The minimum atomic E-state index is -0.129. The predicted molar refractivity (Wildman–Crippen MR) is 97.8 cm³/mol. The quantitative estimate of drug-likeness (QED) is 0.230. The van der Waals surface area contributed by atoms with Crippen molar-refractivity contribution in [2.75, 3.05) is 13.1 Å². The summed E-state index contributed by atoms with van der Waals surface area (Å²) < 4.78 is 5.73. The second-order valence-electron chi connectivity index (χ2n) is 5.60. The van der Waals surface area contributed by atoms with Crippen LogP contribution in [0.15, 0.2) is 48.0 Å². The molecular weight excluding hydrogens is 607 g/mol. The molecule has 0 unspecified atom stereocenters. The van der Waals surface area contributed by atoms with E-state index in [0.29, 0.717) is 30.4 Å². The molecule has 0 spiro atoms. The van der Waals surface area contributed by atoms with E-state index in [1.807, 2.05) is 0 Å². The monoisotopic (exact) mass is 620 g/mol. The molecule has 1 amide bonds. The van der Waals surface area contributed by atoms with Gasteiger partial charge in [-0.25, -0.2) is 4.98 Å². The number of amides is 1. The number of hydrogen-bond donors (Lipinski definition) is 2. The molecule has 0 atom stereocenters. The van der Waals surface area contributed by atoms with Gasteiger partial charge in [0.05, 0.1) is 23.8 Å². The molecular formula is C18H16CfClN4O3-. The largest absolute Gasteiger partial charge is 0.506 e. The standard InChI is InChI=1S/C18H16ClN4O3.Cf/c1-2-17(25)23-9-12(10-23)26-16-5-3-4-14(22-16)18(20)21-11-6-7-15(24)13(19)8-11;/h2-3,5-8,12,24H,1,9-10H2,(H2,20,21);/q-1;. The van der Waals surface area contributed by atoms with E-state index in [2.05, 4.69) is 22.6 Å². The van der Waals surface area contributed by atoms with Crippen LogP contribution >= 0.6 is 11.6 Å². The number of aliphatic imine (C=N–C) groups is 1. The molecule has 1 aliphatic rings. The van der Waals surface area contributed by atoms with E-state index in [1.165, 1.54) is 18.2 Å². The van der Waals surface area contributed by atoms with Crippen molar-refractivity contribution in [1.82, 2.24) is 9.88 Å². The van der Waals surface area contributed by atoms with Crippen molar-refractivity contribution in [2.45, 2.75) is 6.10 Å². The number of carbonyl (C=O) groups is 1. The van der Waals surface area contributed by atoms with Gasteiger partial charge in [0.15, 0.2) is 5.88 Å². The van der Waals surface area contributed by atoms with Crippen molar-refractivity contribution in [1.29, 1.82) is 0 Å². The van der Waals surface area contributed by atoms with Crippen molar-refractivity contribution in [3.63, 3.8) is 0 Å². The maximum Gasteiger partial charge on any atom is 0.246 e. The average molecular weight is 623 g/mol. The topological polar surface area (TPSA) is 101 Å². The zero-order valence-corrected chi connectivity index (χ0v) is 17.4. The molecule has 1 aromatic carbocycles. The van der Waals surface area contributed by atoms with Gasteiger partial charge in [-0.1, -0.05) is 24.2 Å². The van der Waals surface area contributed by atoms with Gasteiger partial charge < -0.3 is 20.5 Å². The molecule has 0 aliphatic carbocycles. The molecule has 2 heterocycles. The number of amidine groups is 1. The number of halogens is 1. The molecule has 1 aliphatic heterocycles. The van der Waals surface area contributed by atoms with E-state index in [0.717, 1.165) is 0 Å². The first-order chi connectivity index (χ1) is 12.5. The number of aromatic nitrogens is 1. The summed E-state index contributed by atoms with van der Waals surface area (Å²) in [6.45, 7) is 4.41. The number of nitrogens with zero attached hydrogens (tertiary/aromatic N) is 3. The van der Waals surface area contributed by atoms with Gasteiger partial charge in [-0.2, -0.15) is 12.1 Å². The van der Waals surface area contributed by atoms with Crippen LogP contribution in [0.3, 0.4) is 0 Å². The normalized spacial score (nSPS) is 14.1. The number of ether oxygens (including phenoxy) is 1. The van der Waals surface area contributed by atoms with Crippen LogP contribution in [-0.4, -0.2) is 45.9 Å². The van der Waals surface area contributed by atoms with Gasteiger partial charge >= 0.3 is 0 Å². The first-order valence-electron chi connectivity index (χ1n) is 7.76. The van der Waals surface area contributed by atoms with E-state index < -0.39 is 0 Å². The van der Waals surface area contributed by atoms with Gasteiger partial charge in [0.25, 0.3) is 0 Å². The zero-order valence-electron chi connectivity index (χ0n) is 14.0. The van der Waals surface area contributed by atoms with Gasteiger partial charge in [0.2, 0.25) is 5.91 Å². The number of nitrogens with two attached hydrogens (primary N) is 1. The summed E-state index contributed by atoms with van der Waals surface area (Å²) in [5, 5.41) is 9.61. The molecule has 1 aromatic heterocycles. The third-order valence-corrected chi connectivity index (χ3v) is 4.02. The Morgan fingerprint density at radius 2 is 2.22 bits per heavy atom. The molecule has 7 nitrogen and oxygen atoms in total. The fourth-order valence-corrected chi connectivity index (χ4v) is 2.49. The Hall–Kier alpha value is -4.06. The third-order valence-electron chi connectivity index (χ3n) is 3.71. The fraction of sp³-hybridized carbons (Fsp3) is 0.167. The molecule has 144 valence electrons. The maximum atomic E-state index is 11.4. The maximum absolute atomic E-state index is 11.4. The summed E-state index contributed by atoms with van der Waals surface area (Å²) in [6, 6.07) is 10.7. The van der Waals surface area contributed by atoms with E-state index in [9.17, 15) is 9.90 Å². The number of aromatic hydroxyl groups is 1. The molecule has 3 rings (SSSR count).